The van der Waals surface area contributed by atoms with Crippen molar-refractivity contribution in [1.82, 2.24) is 15.5 Å². The number of carbonyl (C=O) groups excluding carboxylic acids is 1. The minimum atomic E-state index is -0.00792. The zero-order chi connectivity index (χ0) is 13.5. The Kier molecular flexibility index (Phi) is 6.65. The summed E-state index contributed by atoms with van der Waals surface area (Å²) in [4.78, 5) is 14.6. The summed E-state index contributed by atoms with van der Waals surface area (Å²) in [7, 11) is 1.98. The highest BCUT2D eigenvalue weighted by Crippen LogP contribution is 2.19. The smallest absolute Gasteiger partial charge is 0.237 e. The van der Waals surface area contributed by atoms with Gasteiger partial charge in [-0.1, -0.05) is 13.8 Å². The van der Waals surface area contributed by atoms with Crippen LogP contribution in [0.4, 0.5) is 0 Å². The molecule has 2 N–H and O–H groups in total. The van der Waals surface area contributed by atoms with Gasteiger partial charge in [0, 0.05) is 18.6 Å². The van der Waals surface area contributed by atoms with E-state index in [4.69, 9.17) is 0 Å². The molecule has 0 saturated carbocycles. The normalized spacial score (nSPS) is 22.4. The molecule has 1 heterocycles. The van der Waals surface area contributed by atoms with Gasteiger partial charge >= 0.3 is 0 Å². The Labute approximate surface area is 111 Å². The molecule has 1 rings (SSSR count). The molecule has 0 bridgehead atoms. The summed E-state index contributed by atoms with van der Waals surface area (Å²) in [6.07, 6.45) is 4.42. The van der Waals surface area contributed by atoms with Crippen LogP contribution in [0.15, 0.2) is 0 Å². The Balaban J connectivity index is 2.51. The van der Waals surface area contributed by atoms with E-state index in [-0.39, 0.29) is 11.9 Å². The van der Waals surface area contributed by atoms with Gasteiger partial charge in [0.1, 0.15) is 0 Å². The maximum atomic E-state index is 12.2. The molecule has 4 heteroatoms. The van der Waals surface area contributed by atoms with E-state index in [9.17, 15) is 4.79 Å². The van der Waals surface area contributed by atoms with Crippen LogP contribution in [0.25, 0.3) is 0 Å². The lowest BCUT2D eigenvalue weighted by atomic mass is 10.1. The Bertz CT molecular complexity index is 253. The monoisotopic (exact) mass is 255 g/mol. The first-order valence-electron chi connectivity index (χ1n) is 7.34. The lowest BCUT2D eigenvalue weighted by Gasteiger charge is -2.30. The highest BCUT2D eigenvalue weighted by molar-refractivity contribution is 5.81. The molecule has 106 valence electrons. The Hall–Kier alpha value is -0.610. The van der Waals surface area contributed by atoms with Crippen LogP contribution < -0.4 is 10.6 Å². The van der Waals surface area contributed by atoms with E-state index in [1.165, 1.54) is 12.8 Å². The molecule has 0 aromatic rings. The fourth-order valence-corrected chi connectivity index (χ4v) is 2.79. The number of nitrogens with zero attached hydrogens (tertiary/aromatic N) is 1. The average Bonchev–Trinajstić information content (AvgIpc) is 2.83. The second kappa shape index (κ2) is 7.74. The fourth-order valence-electron chi connectivity index (χ4n) is 2.79. The van der Waals surface area contributed by atoms with Gasteiger partial charge in [-0.15, -0.1) is 0 Å². The van der Waals surface area contributed by atoms with E-state index in [0.29, 0.717) is 12.1 Å². The van der Waals surface area contributed by atoms with Crippen LogP contribution in [-0.2, 0) is 4.79 Å². The van der Waals surface area contributed by atoms with Crippen molar-refractivity contribution in [2.45, 2.75) is 64.6 Å². The molecule has 0 aromatic heterocycles. The second-order valence-corrected chi connectivity index (χ2v) is 5.29. The summed E-state index contributed by atoms with van der Waals surface area (Å²) in [6.45, 7) is 8.30. The van der Waals surface area contributed by atoms with Gasteiger partial charge in [0.25, 0.3) is 0 Å². The quantitative estimate of drug-likeness (QED) is 0.722. The van der Waals surface area contributed by atoms with Crippen molar-refractivity contribution in [1.29, 1.82) is 0 Å². The number of rotatable bonds is 7. The van der Waals surface area contributed by atoms with Crippen LogP contribution in [0.5, 0.6) is 0 Å². The Morgan fingerprint density at radius 2 is 2.06 bits per heavy atom. The van der Waals surface area contributed by atoms with Gasteiger partial charge in [0.05, 0.1) is 6.04 Å². The molecule has 1 amide bonds. The van der Waals surface area contributed by atoms with Crippen molar-refractivity contribution in [3.8, 4) is 0 Å². The SMILES string of the molecule is CCC(CC)NC(=O)C(C)N1CCCC1CNC. The number of nitrogens with one attached hydrogen (secondary N) is 2. The summed E-state index contributed by atoms with van der Waals surface area (Å²) >= 11 is 0. The van der Waals surface area contributed by atoms with Crippen LogP contribution in [-0.4, -0.2) is 49.1 Å². The Morgan fingerprint density at radius 3 is 2.61 bits per heavy atom. The van der Waals surface area contributed by atoms with Gasteiger partial charge in [0.2, 0.25) is 5.91 Å². The van der Waals surface area contributed by atoms with Crippen molar-refractivity contribution in [3.05, 3.63) is 0 Å². The van der Waals surface area contributed by atoms with E-state index in [0.717, 1.165) is 25.9 Å². The third-order valence-corrected chi connectivity index (χ3v) is 4.07. The van der Waals surface area contributed by atoms with Gasteiger partial charge in [0.15, 0.2) is 0 Å². The van der Waals surface area contributed by atoms with Gasteiger partial charge in [-0.2, -0.15) is 0 Å². The number of hydrogen-bond donors (Lipinski definition) is 2. The number of likely N-dealkylation sites (tertiary alicyclic amines) is 1. The zero-order valence-electron chi connectivity index (χ0n) is 12.3. The van der Waals surface area contributed by atoms with Crippen molar-refractivity contribution < 1.29 is 4.79 Å². The van der Waals surface area contributed by atoms with Crippen molar-refractivity contribution in [2.24, 2.45) is 0 Å². The molecule has 18 heavy (non-hydrogen) atoms. The van der Waals surface area contributed by atoms with Gasteiger partial charge in [-0.25, -0.2) is 0 Å². The first-order valence-corrected chi connectivity index (χ1v) is 7.34. The van der Waals surface area contributed by atoms with Crippen LogP contribution in [0, 0.1) is 0 Å². The molecule has 4 nitrogen and oxygen atoms in total. The van der Waals surface area contributed by atoms with Crippen LogP contribution in [0.3, 0.4) is 0 Å². The molecule has 0 radical (unpaired) electrons. The maximum absolute atomic E-state index is 12.2. The van der Waals surface area contributed by atoms with E-state index in [1.807, 2.05) is 14.0 Å². The van der Waals surface area contributed by atoms with Crippen LogP contribution in [0.1, 0.15) is 46.5 Å². The predicted octanol–water partition coefficient (Wildman–Crippen LogP) is 1.36. The molecule has 2 unspecified atom stereocenters. The van der Waals surface area contributed by atoms with Gasteiger partial charge in [-0.3, -0.25) is 9.69 Å². The molecule has 0 spiro atoms. The van der Waals surface area contributed by atoms with E-state index in [2.05, 4.69) is 29.4 Å². The van der Waals surface area contributed by atoms with Crippen molar-refractivity contribution >= 4 is 5.91 Å². The van der Waals surface area contributed by atoms with E-state index < -0.39 is 0 Å². The lowest BCUT2D eigenvalue weighted by Crippen LogP contribution is -2.51. The van der Waals surface area contributed by atoms with Gasteiger partial charge in [-0.05, 0) is 46.2 Å². The van der Waals surface area contributed by atoms with E-state index >= 15 is 0 Å². The minimum Gasteiger partial charge on any atom is -0.352 e. The number of amides is 1. The third kappa shape index (κ3) is 3.95. The topological polar surface area (TPSA) is 44.4 Å². The highest BCUT2D eigenvalue weighted by Gasteiger charge is 2.31. The average molecular weight is 255 g/mol. The van der Waals surface area contributed by atoms with Crippen molar-refractivity contribution in [2.75, 3.05) is 20.1 Å². The molecule has 0 aromatic carbocycles. The van der Waals surface area contributed by atoms with E-state index in [1.54, 1.807) is 0 Å². The molecule has 1 fully saturated rings. The first-order chi connectivity index (χ1) is 8.63. The first kappa shape index (κ1) is 15.4. The molecule has 1 aliphatic heterocycles. The Morgan fingerprint density at radius 1 is 1.39 bits per heavy atom. The van der Waals surface area contributed by atoms with Crippen LogP contribution >= 0.6 is 0 Å². The molecule has 0 aliphatic carbocycles. The summed E-state index contributed by atoms with van der Waals surface area (Å²) in [5.41, 5.74) is 0. The fraction of sp³-hybridized carbons (Fsp3) is 0.929. The summed E-state index contributed by atoms with van der Waals surface area (Å²) in [6, 6.07) is 0.828. The third-order valence-electron chi connectivity index (χ3n) is 4.07. The summed E-state index contributed by atoms with van der Waals surface area (Å²) in [5, 5.41) is 6.38. The number of likely N-dealkylation sites (N-methyl/N-ethyl adjacent to an activating group) is 1. The van der Waals surface area contributed by atoms with Crippen LogP contribution in [0.2, 0.25) is 0 Å². The second-order valence-electron chi connectivity index (χ2n) is 5.29. The minimum absolute atomic E-state index is 0.00792. The standard InChI is InChI=1S/C14H29N3O/c1-5-12(6-2)16-14(18)11(3)17-9-7-8-13(17)10-15-4/h11-13,15H,5-10H2,1-4H3,(H,16,18). The molecule has 1 saturated heterocycles. The van der Waals surface area contributed by atoms with Gasteiger partial charge < -0.3 is 10.6 Å². The maximum Gasteiger partial charge on any atom is 0.237 e. The largest absolute Gasteiger partial charge is 0.352 e. The molecule has 2 atom stereocenters. The summed E-state index contributed by atoms with van der Waals surface area (Å²) in [5.74, 6) is 0.187. The number of hydrogen-bond acceptors (Lipinski definition) is 3. The molecular formula is C14H29N3O. The lowest BCUT2D eigenvalue weighted by molar-refractivity contribution is -0.127. The highest BCUT2D eigenvalue weighted by atomic mass is 16.2. The molecular weight excluding hydrogens is 226 g/mol. The predicted molar refractivity (Wildman–Crippen MR) is 75.6 cm³/mol. The zero-order valence-corrected chi connectivity index (χ0v) is 12.3. The molecule has 1 aliphatic rings. The van der Waals surface area contributed by atoms with Crippen molar-refractivity contribution in [3.63, 3.8) is 0 Å². The summed E-state index contributed by atoms with van der Waals surface area (Å²) < 4.78 is 0. The number of carbonyl (C=O) groups is 1.